The number of nitrogens with one attached hydrogen (secondary N) is 1. The second-order valence-corrected chi connectivity index (χ2v) is 8.12. The summed E-state index contributed by atoms with van der Waals surface area (Å²) < 4.78 is 29.1. The molecule has 8 heteroatoms. The maximum atomic E-state index is 13.0. The van der Waals surface area contributed by atoms with Gasteiger partial charge in [0.25, 0.3) is 0 Å². The van der Waals surface area contributed by atoms with Gasteiger partial charge < -0.3 is 5.32 Å². The molecule has 0 unspecified atom stereocenters. The molecule has 3 heterocycles. The Hall–Kier alpha value is -1.67. The molecule has 1 fully saturated rings. The van der Waals surface area contributed by atoms with Gasteiger partial charge in [-0.2, -0.15) is 9.40 Å². The van der Waals surface area contributed by atoms with E-state index in [0.29, 0.717) is 38.0 Å². The number of aromatic nitrogens is 2. The molecule has 1 aromatic heterocycles. The highest BCUT2D eigenvalue weighted by Crippen LogP contribution is 2.38. The van der Waals surface area contributed by atoms with Gasteiger partial charge in [0.15, 0.2) is 0 Å². The van der Waals surface area contributed by atoms with Gasteiger partial charge in [0.1, 0.15) is 4.90 Å². The molecule has 1 spiro atoms. The lowest BCUT2D eigenvalue weighted by molar-refractivity contribution is -0.132. The highest BCUT2D eigenvalue weighted by molar-refractivity contribution is 7.89. The van der Waals surface area contributed by atoms with Crippen LogP contribution in [0.4, 0.5) is 0 Å². The molecule has 0 radical (unpaired) electrons. The largest absolute Gasteiger partial charge is 0.332 e. The highest BCUT2D eigenvalue weighted by Gasteiger charge is 2.45. The molecule has 0 saturated carbocycles. The summed E-state index contributed by atoms with van der Waals surface area (Å²) in [5.41, 5.74) is -0.00513. The van der Waals surface area contributed by atoms with Gasteiger partial charge in [-0.3, -0.25) is 9.48 Å². The van der Waals surface area contributed by atoms with Gasteiger partial charge in [0.05, 0.1) is 17.3 Å². The van der Waals surface area contributed by atoms with Crippen molar-refractivity contribution in [1.29, 1.82) is 0 Å². The Morgan fingerprint density at radius 1 is 1.43 bits per heavy atom. The van der Waals surface area contributed by atoms with Crippen molar-refractivity contribution in [3.8, 4) is 0 Å². The third-order valence-corrected chi connectivity index (χ3v) is 6.79. The van der Waals surface area contributed by atoms with Crippen molar-refractivity contribution in [2.24, 2.45) is 5.41 Å². The van der Waals surface area contributed by atoms with Gasteiger partial charge in [-0.25, -0.2) is 8.42 Å². The molecule has 2 aliphatic heterocycles. The van der Waals surface area contributed by atoms with Crippen molar-refractivity contribution in [3.05, 3.63) is 24.2 Å². The summed E-state index contributed by atoms with van der Waals surface area (Å²) in [6.45, 7) is 4.97. The van der Waals surface area contributed by atoms with E-state index in [1.54, 1.807) is 17.8 Å². The Labute approximate surface area is 136 Å². The number of piperidine rings is 1. The Balaban J connectivity index is 1.92. The van der Waals surface area contributed by atoms with Crippen molar-refractivity contribution in [2.45, 2.75) is 44.6 Å². The lowest BCUT2D eigenvalue weighted by atomic mass is 9.76. The molecule has 1 amide bonds. The average Bonchev–Trinajstić information content (AvgIpc) is 2.92. The smallest absolute Gasteiger partial charge is 0.246 e. The van der Waals surface area contributed by atoms with E-state index in [2.05, 4.69) is 10.4 Å². The summed E-state index contributed by atoms with van der Waals surface area (Å²) in [5.74, 6) is -0.0825. The van der Waals surface area contributed by atoms with Crippen LogP contribution in [0.3, 0.4) is 0 Å². The van der Waals surface area contributed by atoms with Gasteiger partial charge in [-0.05, 0) is 39.3 Å². The van der Waals surface area contributed by atoms with Crippen LogP contribution in [-0.4, -0.2) is 41.5 Å². The second kappa shape index (κ2) is 5.76. The number of hydrogen-bond donors (Lipinski definition) is 1. The number of hydrogen-bond acceptors (Lipinski definition) is 4. The normalized spacial score (nSPS) is 25.7. The van der Waals surface area contributed by atoms with Crippen molar-refractivity contribution in [1.82, 2.24) is 19.4 Å². The van der Waals surface area contributed by atoms with E-state index in [4.69, 9.17) is 0 Å². The predicted octanol–water partition coefficient (Wildman–Crippen LogP) is 1.02. The fraction of sp³-hybridized carbons (Fsp3) is 0.600. The van der Waals surface area contributed by atoms with Crippen molar-refractivity contribution < 1.29 is 13.2 Å². The fourth-order valence-corrected chi connectivity index (χ4v) is 5.18. The third kappa shape index (κ3) is 2.59. The van der Waals surface area contributed by atoms with E-state index in [0.717, 1.165) is 0 Å². The van der Waals surface area contributed by atoms with Gasteiger partial charge in [0.2, 0.25) is 15.9 Å². The van der Waals surface area contributed by atoms with Crippen molar-refractivity contribution in [3.63, 3.8) is 0 Å². The summed E-state index contributed by atoms with van der Waals surface area (Å²) in [6, 6.07) is 0. The predicted molar refractivity (Wildman–Crippen MR) is 85.0 cm³/mol. The van der Waals surface area contributed by atoms with Crippen LogP contribution in [-0.2, 0) is 21.4 Å². The topological polar surface area (TPSA) is 84.3 Å². The lowest BCUT2D eigenvalue weighted by Crippen LogP contribution is -2.53. The van der Waals surface area contributed by atoms with Crippen LogP contribution >= 0.6 is 0 Å². The van der Waals surface area contributed by atoms with Gasteiger partial charge in [0, 0.05) is 19.6 Å². The standard InChI is InChI=1S/C15H22N4O3S/c1-3-19-12(2)13(10-17-19)23(21,22)18-9-5-7-15(11-18)6-4-8-16-14(15)20/h4,8,10H,3,5-7,9,11H2,1-2H3,(H,16,20)/t15-/m1/s1. The first-order chi connectivity index (χ1) is 10.9. The van der Waals surface area contributed by atoms with Crippen LogP contribution in [0, 0.1) is 12.3 Å². The number of carbonyl (C=O) groups excluding carboxylic acids is 1. The summed E-state index contributed by atoms with van der Waals surface area (Å²) in [7, 11) is -3.63. The molecule has 1 N–H and O–H groups in total. The maximum absolute atomic E-state index is 13.0. The first kappa shape index (κ1) is 16.2. The molecule has 7 nitrogen and oxygen atoms in total. The van der Waals surface area contributed by atoms with Crippen molar-refractivity contribution in [2.75, 3.05) is 13.1 Å². The van der Waals surface area contributed by atoms with Gasteiger partial charge in [-0.15, -0.1) is 0 Å². The molecule has 3 rings (SSSR count). The molecule has 2 aliphatic rings. The third-order valence-electron chi connectivity index (χ3n) is 4.84. The molecule has 1 atom stereocenters. The molecule has 126 valence electrons. The molecule has 23 heavy (non-hydrogen) atoms. The Morgan fingerprint density at radius 2 is 2.22 bits per heavy atom. The number of nitrogens with zero attached hydrogens (tertiary/aromatic N) is 3. The molecular formula is C15H22N4O3S. The summed E-state index contributed by atoms with van der Waals surface area (Å²) in [5, 5.41) is 6.86. The van der Waals surface area contributed by atoms with E-state index in [1.807, 2.05) is 13.0 Å². The zero-order chi connectivity index (χ0) is 16.7. The number of sulfonamides is 1. The van der Waals surface area contributed by atoms with E-state index in [-0.39, 0.29) is 17.3 Å². The average molecular weight is 338 g/mol. The van der Waals surface area contributed by atoms with E-state index >= 15 is 0 Å². The quantitative estimate of drug-likeness (QED) is 0.892. The minimum atomic E-state index is -3.63. The number of rotatable bonds is 3. The van der Waals surface area contributed by atoms with E-state index < -0.39 is 15.4 Å². The minimum absolute atomic E-state index is 0.0825. The molecule has 0 bridgehead atoms. The monoisotopic (exact) mass is 338 g/mol. The Bertz CT molecular complexity index is 753. The zero-order valence-corrected chi connectivity index (χ0v) is 14.3. The SMILES string of the molecule is CCn1ncc(S(=O)(=O)N2CCC[C@]3(CC=CNC3=O)C2)c1C. The van der Waals surface area contributed by atoms with Crippen LogP contribution in [0.25, 0.3) is 0 Å². The second-order valence-electron chi connectivity index (χ2n) is 6.21. The lowest BCUT2D eigenvalue weighted by Gasteiger charge is -2.41. The van der Waals surface area contributed by atoms with Crippen LogP contribution < -0.4 is 5.32 Å². The molecule has 0 aliphatic carbocycles. The first-order valence-electron chi connectivity index (χ1n) is 7.89. The molecule has 1 saturated heterocycles. The van der Waals surface area contributed by atoms with Crippen LogP contribution in [0.5, 0.6) is 0 Å². The first-order valence-corrected chi connectivity index (χ1v) is 9.33. The molecule has 0 aromatic carbocycles. The van der Waals surface area contributed by atoms with Crippen molar-refractivity contribution >= 4 is 15.9 Å². The van der Waals surface area contributed by atoms with Crippen LogP contribution in [0.2, 0.25) is 0 Å². The van der Waals surface area contributed by atoms with Gasteiger partial charge >= 0.3 is 0 Å². The summed E-state index contributed by atoms with van der Waals surface area (Å²) >= 11 is 0. The molecule has 1 aromatic rings. The van der Waals surface area contributed by atoms with Crippen LogP contribution in [0.15, 0.2) is 23.4 Å². The van der Waals surface area contributed by atoms with E-state index in [1.165, 1.54) is 10.5 Å². The number of amides is 1. The highest BCUT2D eigenvalue weighted by atomic mass is 32.2. The van der Waals surface area contributed by atoms with E-state index in [9.17, 15) is 13.2 Å². The minimum Gasteiger partial charge on any atom is -0.332 e. The zero-order valence-electron chi connectivity index (χ0n) is 13.4. The number of carbonyl (C=O) groups is 1. The van der Waals surface area contributed by atoms with Gasteiger partial charge in [-0.1, -0.05) is 6.08 Å². The Kier molecular flexibility index (Phi) is 4.05. The summed E-state index contributed by atoms with van der Waals surface area (Å²) in [6.07, 6.45) is 6.92. The Morgan fingerprint density at radius 3 is 2.87 bits per heavy atom. The van der Waals surface area contributed by atoms with Crippen LogP contribution in [0.1, 0.15) is 31.9 Å². The maximum Gasteiger partial charge on any atom is 0.246 e. The number of aryl methyl sites for hydroxylation is 1. The number of allylic oxidation sites excluding steroid dienone is 1. The summed E-state index contributed by atoms with van der Waals surface area (Å²) in [4.78, 5) is 12.5. The fourth-order valence-electron chi connectivity index (χ4n) is 3.45. The molecular weight excluding hydrogens is 316 g/mol.